The van der Waals surface area contributed by atoms with Crippen molar-refractivity contribution >= 4 is 37.6 Å². The Balaban J connectivity index is 1.50. The summed E-state index contributed by atoms with van der Waals surface area (Å²) in [6, 6.07) is 11.9. The summed E-state index contributed by atoms with van der Waals surface area (Å²) in [6.45, 7) is 2.18. The number of sulfonamides is 2. The van der Waals surface area contributed by atoms with Crippen molar-refractivity contribution < 1.29 is 21.6 Å². The fraction of sp³-hybridized carbons (Fsp3) is 0.350. The zero-order chi connectivity index (χ0) is 22.6. The first-order chi connectivity index (χ1) is 14.6. The molecular formula is C20H24ClN3O5S2. The molecule has 8 nitrogen and oxygen atoms in total. The summed E-state index contributed by atoms with van der Waals surface area (Å²) in [5.41, 5.74) is 0.970. The third-order valence-corrected chi connectivity index (χ3v) is 8.24. The molecule has 11 heteroatoms. The molecule has 0 aromatic heterocycles. The lowest BCUT2D eigenvalue weighted by Gasteiger charge is -2.32. The molecule has 168 valence electrons. The average molecular weight is 486 g/mol. The van der Waals surface area contributed by atoms with Crippen LogP contribution in [0.5, 0.6) is 0 Å². The number of nitrogens with one attached hydrogen (secondary N) is 2. The molecule has 0 radical (unpaired) electrons. The summed E-state index contributed by atoms with van der Waals surface area (Å²) in [7, 11) is -7.46. The zero-order valence-electron chi connectivity index (χ0n) is 16.9. The Morgan fingerprint density at radius 3 is 2.03 bits per heavy atom. The molecule has 0 bridgehead atoms. The summed E-state index contributed by atoms with van der Waals surface area (Å²) in [4.78, 5) is 14.2. The molecule has 1 amide bonds. The van der Waals surface area contributed by atoms with Crippen molar-refractivity contribution in [3.8, 4) is 0 Å². The predicted octanol–water partition coefficient (Wildman–Crippen LogP) is 1.90. The van der Waals surface area contributed by atoms with Crippen LogP contribution in [0.3, 0.4) is 0 Å². The summed E-state index contributed by atoms with van der Waals surface area (Å²) in [6.07, 6.45) is 0.890. The number of benzene rings is 2. The molecule has 2 aromatic rings. The van der Waals surface area contributed by atoms with E-state index in [-0.39, 0.29) is 28.3 Å². The SMILES string of the molecule is Cc1ccc(S(=O)(=O)NC2CCN(C(=O)CNS(=O)(=O)c3ccc(Cl)cc3)CC2)cc1. The van der Waals surface area contributed by atoms with Gasteiger partial charge in [-0.05, 0) is 56.2 Å². The van der Waals surface area contributed by atoms with Gasteiger partial charge in [0.1, 0.15) is 0 Å². The van der Waals surface area contributed by atoms with Crippen molar-refractivity contribution in [1.29, 1.82) is 0 Å². The number of amides is 1. The number of carbonyl (C=O) groups is 1. The summed E-state index contributed by atoms with van der Waals surface area (Å²) in [5, 5.41) is 0.413. The van der Waals surface area contributed by atoms with Gasteiger partial charge < -0.3 is 4.90 Å². The Bertz CT molecular complexity index is 1130. The van der Waals surface area contributed by atoms with E-state index in [0.717, 1.165) is 5.56 Å². The maximum atomic E-state index is 12.5. The van der Waals surface area contributed by atoms with E-state index >= 15 is 0 Å². The quantitative estimate of drug-likeness (QED) is 0.622. The summed E-state index contributed by atoms with van der Waals surface area (Å²) in [5.74, 6) is -0.364. The zero-order valence-corrected chi connectivity index (χ0v) is 19.3. The van der Waals surface area contributed by atoms with Gasteiger partial charge in [0.25, 0.3) is 0 Å². The normalized spacial score (nSPS) is 15.7. The Kier molecular flexibility index (Phi) is 7.38. The maximum absolute atomic E-state index is 12.5. The molecule has 1 aliphatic rings. The van der Waals surface area contributed by atoms with Gasteiger partial charge in [0, 0.05) is 24.2 Å². The molecule has 1 saturated heterocycles. The van der Waals surface area contributed by atoms with Gasteiger partial charge >= 0.3 is 0 Å². The van der Waals surface area contributed by atoms with E-state index in [9.17, 15) is 21.6 Å². The van der Waals surface area contributed by atoms with Crippen LogP contribution in [0, 0.1) is 6.92 Å². The van der Waals surface area contributed by atoms with Gasteiger partial charge in [-0.2, -0.15) is 0 Å². The Labute approximate surface area is 187 Å². The molecule has 0 atom stereocenters. The van der Waals surface area contributed by atoms with Crippen LogP contribution in [0.2, 0.25) is 5.02 Å². The standard InChI is InChI=1S/C20H24ClN3O5S2/c1-15-2-6-19(7-3-15)31(28,29)23-17-10-12-24(13-11-17)20(25)14-22-30(26,27)18-8-4-16(21)5-9-18/h2-9,17,22-23H,10-14H2,1H3. The number of hydrogen-bond donors (Lipinski definition) is 2. The van der Waals surface area contributed by atoms with Crippen LogP contribution in [0.25, 0.3) is 0 Å². The molecule has 31 heavy (non-hydrogen) atoms. The number of hydrogen-bond acceptors (Lipinski definition) is 5. The fourth-order valence-corrected chi connectivity index (χ4v) is 5.62. The minimum atomic E-state index is -3.83. The first-order valence-electron chi connectivity index (χ1n) is 9.69. The lowest BCUT2D eigenvalue weighted by Crippen LogP contribution is -2.48. The molecule has 0 saturated carbocycles. The van der Waals surface area contributed by atoms with E-state index in [4.69, 9.17) is 11.6 Å². The Morgan fingerprint density at radius 2 is 1.45 bits per heavy atom. The van der Waals surface area contributed by atoms with Gasteiger partial charge in [-0.15, -0.1) is 0 Å². The number of aryl methyl sites for hydroxylation is 1. The number of piperidine rings is 1. The molecule has 0 unspecified atom stereocenters. The first-order valence-corrected chi connectivity index (χ1v) is 13.0. The van der Waals surface area contributed by atoms with Crippen LogP contribution in [0.4, 0.5) is 0 Å². The second-order valence-corrected chi connectivity index (χ2v) is 11.3. The van der Waals surface area contributed by atoms with E-state index in [0.29, 0.717) is 31.0 Å². The van der Waals surface area contributed by atoms with E-state index in [1.165, 1.54) is 29.2 Å². The number of halogens is 1. The van der Waals surface area contributed by atoms with Crippen LogP contribution in [0.1, 0.15) is 18.4 Å². The van der Waals surface area contributed by atoms with Gasteiger partial charge in [0.2, 0.25) is 26.0 Å². The van der Waals surface area contributed by atoms with Crippen LogP contribution in [-0.2, 0) is 24.8 Å². The van der Waals surface area contributed by atoms with Gasteiger partial charge in [-0.1, -0.05) is 29.3 Å². The molecule has 3 rings (SSSR count). The summed E-state index contributed by atoms with van der Waals surface area (Å²) >= 11 is 5.76. The summed E-state index contributed by atoms with van der Waals surface area (Å²) < 4.78 is 54.6. The minimum Gasteiger partial charge on any atom is -0.341 e. The van der Waals surface area contributed by atoms with Crippen molar-refractivity contribution in [1.82, 2.24) is 14.3 Å². The molecule has 0 aliphatic carbocycles. The van der Waals surface area contributed by atoms with Crippen LogP contribution >= 0.6 is 11.6 Å². The highest BCUT2D eigenvalue weighted by Gasteiger charge is 2.27. The average Bonchev–Trinajstić information content (AvgIpc) is 2.73. The van der Waals surface area contributed by atoms with Crippen molar-refractivity contribution in [2.45, 2.75) is 35.6 Å². The number of carbonyl (C=O) groups excluding carboxylic acids is 1. The topological polar surface area (TPSA) is 113 Å². The first kappa shape index (κ1) is 23.7. The second-order valence-electron chi connectivity index (χ2n) is 7.37. The van der Waals surface area contributed by atoms with E-state index in [1.54, 1.807) is 24.3 Å². The van der Waals surface area contributed by atoms with Crippen molar-refractivity contribution in [2.24, 2.45) is 0 Å². The van der Waals surface area contributed by atoms with Gasteiger partial charge in [0.05, 0.1) is 16.3 Å². The van der Waals surface area contributed by atoms with E-state index < -0.39 is 20.0 Å². The largest absolute Gasteiger partial charge is 0.341 e. The highest BCUT2D eigenvalue weighted by Crippen LogP contribution is 2.17. The molecule has 0 spiro atoms. The molecular weight excluding hydrogens is 462 g/mol. The molecule has 1 aliphatic heterocycles. The Hall–Kier alpha value is -1.98. The van der Waals surface area contributed by atoms with Gasteiger partial charge in [-0.3, -0.25) is 4.79 Å². The van der Waals surface area contributed by atoms with Crippen molar-refractivity contribution in [3.05, 3.63) is 59.1 Å². The van der Waals surface area contributed by atoms with Crippen LogP contribution < -0.4 is 9.44 Å². The highest BCUT2D eigenvalue weighted by molar-refractivity contribution is 7.89. The number of rotatable bonds is 7. The fourth-order valence-electron chi connectivity index (χ4n) is 3.22. The number of nitrogens with zero attached hydrogens (tertiary/aromatic N) is 1. The second kappa shape index (κ2) is 9.66. The monoisotopic (exact) mass is 485 g/mol. The van der Waals surface area contributed by atoms with Crippen LogP contribution in [0.15, 0.2) is 58.3 Å². The molecule has 1 heterocycles. The van der Waals surface area contributed by atoms with Gasteiger partial charge in [-0.25, -0.2) is 26.3 Å². The van der Waals surface area contributed by atoms with Crippen molar-refractivity contribution in [3.63, 3.8) is 0 Å². The third-order valence-electron chi connectivity index (χ3n) is 5.04. The van der Waals surface area contributed by atoms with Crippen molar-refractivity contribution in [2.75, 3.05) is 19.6 Å². The van der Waals surface area contributed by atoms with Gasteiger partial charge in [0.15, 0.2) is 0 Å². The molecule has 2 aromatic carbocycles. The molecule has 1 fully saturated rings. The smallest absolute Gasteiger partial charge is 0.241 e. The third kappa shape index (κ3) is 6.27. The molecule has 2 N–H and O–H groups in total. The number of likely N-dealkylation sites (tertiary alicyclic amines) is 1. The lowest BCUT2D eigenvalue weighted by molar-refractivity contribution is -0.130. The van der Waals surface area contributed by atoms with Crippen LogP contribution in [-0.4, -0.2) is 53.3 Å². The lowest BCUT2D eigenvalue weighted by atomic mass is 10.1. The minimum absolute atomic E-state index is 0.0221. The van der Waals surface area contributed by atoms with E-state index in [2.05, 4.69) is 9.44 Å². The Morgan fingerprint density at radius 1 is 0.935 bits per heavy atom. The van der Waals surface area contributed by atoms with E-state index in [1.807, 2.05) is 6.92 Å². The highest BCUT2D eigenvalue weighted by atomic mass is 35.5. The predicted molar refractivity (Wildman–Crippen MR) is 118 cm³/mol. The maximum Gasteiger partial charge on any atom is 0.241 e.